The Hall–Kier alpha value is -0.610. The third-order valence-corrected chi connectivity index (χ3v) is 0.710. The molecule has 4 nitrogen and oxygen atoms in total. The molecule has 0 aliphatic heterocycles. The zero-order valence-corrected chi connectivity index (χ0v) is 4.40. The smallest absolute Gasteiger partial charge is 0.335 e. The van der Waals surface area contributed by atoms with Gasteiger partial charge in [0.1, 0.15) is 0 Å². The van der Waals surface area contributed by atoms with Crippen LogP contribution in [0.4, 0.5) is 0 Å². The van der Waals surface area contributed by atoms with E-state index in [4.69, 9.17) is 15.3 Å². The first-order valence-electron chi connectivity index (χ1n) is 2.14. The van der Waals surface area contributed by atoms with E-state index in [1.54, 1.807) is 0 Å². The molecule has 0 rings (SSSR count). The summed E-state index contributed by atoms with van der Waals surface area (Å²) in [6.07, 6.45) is -2.86. The lowest BCUT2D eigenvalue weighted by Gasteiger charge is -2.05. The van der Waals surface area contributed by atoms with Gasteiger partial charge in [0, 0.05) is 0 Å². The molecule has 0 aromatic rings. The molecule has 0 aliphatic rings. The van der Waals surface area contributed by atoms with Gasteiger partial charge in [-0.1, -0.05) is 0 Å². The molecular weight excluding hydrogens is 112 g/mol. The van der Waals surface area contributed by atoms with Crippen LogP contribution in [0.5, 0.6) is 0 Å². The maximum atomic E-state index is 9.73. The minimum Gasteiger partial charge on any atom is -0.479 e. The van der Waals surface area contributed by atoms with Crippen LogP contribution in [0.1, 0.15) is 6.92 Å². The minimum absolute atomic E-state index is 1.20. The molecule has 0 spiro atoms. The van der Waals surface area contributed by atoms with E-state index in [9.17, 15) is 4.79 Å². The van der Waals surface area contributed by atoms with Crippen LogP contribution in [0.2, 0.25) is 0 Å². The van der Waals surface area contributed by atoms with Crippen LogP contribution in [-0.2, 0) is 4.79 Å². The second-order valence-corrected chi connectivity index (χ2v) is 1.52. The van der Waals surface area contributed by atoms with Crippen LogP contribution in [0.15, 0.2) is 0 Å². The zero-order chi connectivity index (χ0) is 6.73. The molecule has 0 radical (unpaired) electrons. The van der Waals surface area contributed by atoms with E-state index in [2.05, 4.69) is 0 Å². The van der Waals surface area contributed by atoms with Crippen LogP contribution in [0.3, 0.4) is 0 Å². The van der Waals surface area contributed by atoms with E-state index in [-0.39, 0.29) is 0 Å². The van der Waals surface area contributed by atoms with Crippen LogP contribution < -0.4 is 0 Å². The fourth-order valence-electron chi connectivity index (χ4n) is 0.206. The van der Waals surface area contributed by atoms with E-state index >= 15 is 0 Å². The van der Waals surface area contributed by atoms with Gasteiger partial charge in [-0.2, -0.15) is 0 Å². The minimum atomic E-state index is -1.66. The predicted octanol–water partition coefficient (Wildman–Crippen LogP) is -1.19. The van der Waals surface area contributed by atoms with Crippen molar-refractivity contribution >= 4 is 5.97 Å². The number of rotatable bonds is 2. The average molecular weight is 120 g/mol. The number of carboxylic acid groups (broad SMARTS) is 1. The van der Waals surface area contributed by atoms with Crippen molar-refractivity contribution in [3.63, 3.8) is 0 Å². The molecule has 0 heterocycles. The maximum Gasteiger partial charge on any atom is 0.335 e. The summed E-state index contributed by atoms with van der Waals surface area (Å²) in [7, 11) is 0. The van der Waals surface area contributed by atoms with Gasteiger partial charge in [0.05, 0.1) is 6.10 Å². The summed E-state index contributed by atoms with van der Waals surface area (Å²) in [4.78, 5) is 9.73. The number of hydrogen-bond acceptors (Lipinski definition) is 3. The topological polar surface area (TPSA) is 77.8 Å². The average Bonchev–Trinajstić information content (AvgIpc) is 1.64. The summed E-state index contributed by atoms with van der Waals surface area (Å²) in [5.41, 5.74) is 0. The van der Waals surface area contributed by atoms with Crippen molar-refractivity contribution in [1.82, 2.24) is 0 Å². The van der Waals surface area contributed by atoms with Gasteiger partial charge in [-0.15, -0.1) is 0 Å². The van der Waals surface area contributed by atoms with Crippen molar-refractivity contribution in [2.75, 3.05) is 0 Å². The molecule has 0 unspecified atom stereocenters. The van der Waals surface area contributed by atoms with Crippen LogP contribution in [0.25, 0.3) is 0 Å². The number of aliphatic hydroxyl groups is 2. The molecule has 3 N–H and O–H groups in total. The lowest BCUT2D eigenvalue weighted by Crippen LogP contribution is -2.30. The fraction of sp³-hybridized carbons (Fsp3) is 0.750. The summed E-state index contributed by atoms with van der Waals surface area (Å²) in [5.74, 6) is -1.40. The highest BCUT2D eigenvalue weighted by molar-refractivity contribution is 5.72. The molecular formula is C4H8O4. The van der Waals surface area contributed by atoms with E-state index in [1.807, 2.05) is 0 Å². The van der Waals surface area contributed by atoms with Crippen molar-refractivity contribution in [3.05, 3.63) is 0 Å². The maximum absolute atomic E-state index is 9.73. The third-order valence-electron chi connectivity index (χ3n) is 0.710. The lowest BCUT2D eigenvalue weighted by molar-refractivity contribution is -0.151. The molecule has 2 atom stereocenters. The highest BCUT2D eigenvalue weighted by atomic mass is 16.4. The molecule has 4 heteroatoms. The second kappa shape index (κ2) is 2.64. The van der Waals surface area contributed by atoms with Gasteiger partial charge in [0.25, 0.3) is 0 Å². The van der Waals surface area contributed by atoms with Gasteiger partial charge in [-0.3, -0.25) is 0 Å². The molecule has 0 bridgehead atoms. The summed E-state index contributed by atoms with van der Waals surface area (Å²) in [6, 6.07) is 0. The SMILES string of the molecule is C[C@@H](O)[C@H](O)C(=O)O. The van der Waals surface area contributed by atoms with E-state index in [0.717, 1.165) is 0 Å². The summed E-state index contributed by atoms with van der Waals surface area (Å²) >= 11 is 0. The van der Waals surface area contributed by atoms with Crippen molar-refractivity contribution in [2.24, 2.45) is 0 Å². The monoisotopic (exact) mass is 120 g/mol. The lowest BCUT2D eigenvalue weighted by atomic mass is 10.2. The molecule has 0 fully saturated rings. The molecule has 8 heavy (non-hydrogen) atoms. The summed E-state index contributed by atoms with van der Waals surface area (Å²) < 4.78 is 0. The molecule has 0 aliphatic carbocycles. The Morgan fingerprint density at radius 3 is 1.88 bits per heavy atom. The number of aliphatic hydroxyl groups excluding tert-OH is 2. The first kappa shape index (κ1) is 7.39. The Morgan fingerprint density at radius 1 is 1.50 bits per heavy atom. The Labute approximate surface area is 46.4 Å². The predicted molar refractivity (Wildman–Crippen MR) is 25.3 cm³/mol. The van der Waals surface area contributed by atoms with Crippen molar-refractivity contribution < 1.29 is 20.1 Å². The van der Waals surface area contributed by atoms with Crippen LogP contribution in [-0.4, -0.2) is 33.5 Å². The third kappa shape index (κ3) is 1.90. The first-order chi connectivity index (χ1) is 3.55. The number of hydrogen-bond donors (Lipinski definition) is 3. The van der Waals surface area contributed by atoms with E-state index in [0.29, 0.717) is 0 Å². The largest absolute Gasteiger partial charge is 0.479 e. The van der Waals surface area contributed by atoms with Gasteiger partial charge < -0.3 is 15.3 Å². The molecule has 0 amide bonds. The standard InChI is InChI=1S/C4H8O4/c1-2(5)3(6)4(7)8/h2-3,5-6H,1H3,(H,7,8)/t2-,3+/m1/s1. The van der Waals surface area contributed by atoms with Crippen LogP contribution in [0, 0.1) is 0 Å². The molecule has 0 saturated carbocycles. The van der Waals surface area contributed by atoms with Crippen molar-refractivity contribution in [1.29, 1.82) is 0 Å². The number of carboxylic acids is 1. The zero-order valence-electron chi connectivity index (χ0n) is 4.40. The van der Waals surface area contributed by atoms with Gasteiger partial charge in [-0.25, -0.2) is 4.79 Å². The Balaban J connectivity index is 3.64. The number of carbonyl (C=O) groups is 1. The van der Waals surface area contributed by atoms with E-state index in [1.165, 1.54) is 6.92 Å². The quantitative estimate of drug-likeness (QED) is 0.428. The molecule has 0 aromatic heterocycles. The van der Waals surface area contributed by atoms with E-state index < -0.39 is 18.2 Å². The number of aliphatic carboxylic acids is 1. The molecule has 0 saturated heterocycles. The normalized spacial score (nSPS) is 17.4. The second-order valence-electron chi connectivity index (χ2n) is 1.52. The summed E-state index contributed by atoms with van der Waals surface area (Å²) in [5, 5.41) is 24.7. The van der Waals surface area contributed by atoms with Crippen molar-refractivity contribution in [2.45, 2.75) is 19.1 Å². The Bertz CT molecular complexity index is 88.0. The first-order valence-corrected chi connectivity index (χ1v) is 2.14. The van der Waals surface area contributed by atoms with Gasteiger partial charge in [-0.05, 0) is 6.92 Å². The van der Waals surface area contributed by atoms with Gasteiger partial charge >= 0.3 is 5.97 Å². The highest BCUT2D eigenvalue weighted by Crippen LogP contribution is 1.89. The van der Waals surface area contributed by atoms with Crippen LogP contribution >= 0.6 is 0 Å². The fourth-order valence-corrected chi connectivity index (χ4v) is 0.206. The Morgan fingerprint density at radius 2 is 1.88 bits per heavy atom. The summed E-state index contributed by atoms with van der Waals surface area (Å²) in [6.45, 7) is 1.21. The van der Waals surface area contributed by atoms with Gasteiger partial charge in [0.2, 0.25) is 0 Å². The Kier molecular flexibility index (Phi) is 2.44. The van der Waals surface area contributed by atoms with Crippen molar-refractivity contribution in [3.8, 4) is 0 Å². The highest BCUT2D eigenvalue weighted by Gasteiger charge is 2.18. The molecule has 0 aromatic carbocycles. The van der Waals surface area contributed by atoms with Gasteiger partial charge in [0.15, 0.2) is 6.10 Å². The molecule has 48 valence electrons.